The molecule has 0 saturated heterocycles. The van der Waals surface area contributed by atoms with Crippen LogP contribution in [0.1, 0.15) is 32.1 Å². The average molecular weight is 431 g/mol. The lowest BCUT2D eigenvalue weighted by atomic mass is 9.68. The lowest BCUT2D eigenvalue weighted by Gasteiger charge is -2.42. The van der Waals surface area contributed by atoms with Crippen LogP contribution in [0, 0.1) is 11.8 Å². The Labute approximate surface area is 185 Å². The molecule has 4 aromatic rings. The molecule has 3 saturated carbocycles. The molecule has 2 bridgehead atoms. The third kappa shape index (κ3) is 3.55. The van der Waals surface area contributed by atoms with E-state index in [4.69, 9.17) is 21.6 Å². The van der Waals surface area contributed by atoms with Gasteiger partial charge in [-0.1, -0.05) is 54.8 Å². The van der Waals surface area contributed by atoms with E-state index >= 15 is 0 Å². The van der Waals surface area contributed by atoms with Crippen molar-refractivity contribution in [2.45, 2.75) is 38.1 Å². The number of hydrogen-bond donors (Lipinski definition) is 2. The Balaban J connectivity index is 1.44. The van der Waals surface area contributed by atoms with E-state index in [1.165, 1.54) is 38.3 Å². The van der Waals surface area contributed by atoms with Gasteiger partial charge in [-0.3, -0.25) is 0 Å². The Hall–Kier alpha value is -2.99. The third-order valence-electron chi connectivity index (χ3n) is 6.77. The molecule has 6 nitrogen and oxygen atoms in total. The Kier molecular flexibility index (Phi) is 4.60. The van der Waals surface area contributed by atoms with Gasteiger partial charge in [0.15, 0.2) is 11.5 Å². The van der Waals surface area contributed by atoms with Gasteiger partial charge in [-0.25, -0.2) is 19.9 Å². The summed E-state index contributed by atoms with van der Waals surface area (Å²) in [4.78, 5) is 21.7. The van der Waals surface area contributed by atoms with Crippen molar-refractivity contribution in [1.82, 2.24) is 24.9 Å². The van der Waals surface area contributed by atoms with Gasteiger partial charge < -0.3 is 10.3 Å². The molecule has 1 aromatic carbocycles. The summed E-state index contributed by atoms with van der Waals surface area (Å²) in [6, 6.07) is 12.8. The number of aromatic amines is 1. The predicted molar refractivity (Wildman–Crippen MR) is 123 cm³/mol. The first kappa shape index (κ1) is 18.8. The van der Waals surface area contributed by atoms with Crippen LogP contribution in [-0.2, 0) is 0 Å². The first-order chi connectivity index (χ1) is 15.2. The largest absolute Gasteiger partial charge is 0.367 e. The molecular weight excluding hydrogens is 408 g/mol. The fourth-order valence-corrected chi connectivity index (χ4v) is 5.32. The number of H-pyrrole nitrogens is 1. The van der Waals surface area contributed by atoms with Gasteiger partial charge in [-0.2, -0.15) is 0 Å². The molecule has 0 radical (unpaired) electrons. The Bertz CT molecular complexity index is 1230. The highest BCUT2D eigenvalue weighted by Gasteiger charge is 2.35. The van der Waals surface area contributed by atoms with Crippen molar-refractivity contribution in [3.05, 3.63) is 53.9 Å². The minimum Gasteiger partial charge on any atom is -0.367 e. The first-order valence-corrected chi connectivity index (χ1v) is 11.3. The molecule has 3 aromatic heterocycles. The van der Waals surface area contributed by atoms with Gasteiger partial charge in [0, 0.05) is 23.9 Å². The zero-order valence-corrected chi connectivity index (χ0v) is 17.8. The molecule has 3 heterocycles. The molecule has 0 aliphatic heterocycles. The molecule has 0 amide bonds. The highest BCUT2D eigenvalue weighted by atomic mass is 35.5. The van der Waals surface area contributed by atoms with E-state index in [0.717, 1.165) is 34.5 Å². The van der Waals surface area contributed by atoms with Crippen molar-refractivity contribution in [3.63, 3.8) is 0 Å². The van der Waals surface area contributed by atoms with Crippen LogP contribution in [0.2, 0.25) is 5.15 Å². The molecule has 0 unspecified atom stereocenters. The normalized spacial score (nSPS) is 22.7. The standard InChI is InChI=1S/C24H23ClN6/c25-20-13-27-24-22(30-20)17(12-26-24)23-29-19(15-4-2-1-3-5-15)11-21(31-23)28-18-10-14-6-8-16(18)9-7-14/h1-5,11-14,16,18H,6-10H2,(H,26,27)(H,28,29,31)/t14?,16?,18-/m0/s1. The maximum absolute atomic E-state index is 6.12. The summed E-state index contributed by atoms with van der Waals surface area (Å²) in [5, 5.41) is 4.11. The van der Waals surface area contributed by atoms with E-state index in [1.54, 1.807) is 0 Å². The van der Waals surface area contributed by atoms with Crippen LogP contribution < -0.4 is 5.32 Å². The van der Waals surface area contributed by atoms with Gasteiger partial charge >= 0.3 is 0 Å². The van der Waals surface area contributed by atoms with Gasteiger partial charge in [-0.05, 0) is 31.1 Å². The summed E-state index contributed by atoms with van der Waals surface area (Å²) >= 11 is 6.12. The summed E-state index contributed by atoms with van der Waals surface area (Å²) in [7, 11) is 0. The zero-order chi connectivity index (χ0) is 20.8. The molecule has 31 heavy (non-hydrogen) atoms. The number of benzene rings is 1. The van der Waals surface area contributed by atoms with Crippen LogP contribution in [0.4, 0.5) is 5.82 Å². The number of fused-ring (bicyclic) bond motifs is 4. The topological polar surface area (TPSA) is 79.4 Å². The fraction of sp³-hybridized carbons (Fsp3) is 0.333. The van der Waals surface area contributed by atoms with Crippen molar-refractivity contribution in [2.75, 3.05) is 5.32 Å². The second-order valence-corrected chi connectivity index (χ2v) is 9.07. The lowest BCUT2D eigenvalue weighted by Crippen LogP contribution is -2.40. The number of halogens is 1. The molecule has 7 rings (SSSR count). The number of anilines is 1. The van der Waals surface area contributed by atoms with Crippen LogP contribution in [0.25, 0.3) is 33.8 Å². The summed E-state index contributed by atoms with van der Waals surface area (Å²) in [5.74, 6) is 3.07. The van der Waals surface area contributed by atoms with Crippen LogP contribution in [-0.4, -0.2) is 31.0 Å². The molecule has 156 valence electrons. The van der Waals surface area contributed by atoms with Crippen molar-refractivity contribution < 1.29 is 0 Å². The highest BCUT2D eigenvalue weighted by molar-refractivity contribution is 6.29. The Morgan fingerprint density at radius 1 is 1.00 bits per heavy atom. The number of aromatic nitrogens is 5. The number of nitrogens with zero attached hydrogens (tertiary/aromatic N) is 4. The number of nitrogens with one attached hydrogen (secondary N) is 2. The van der Waals surface area contributed by atoms with Crippen LogP contribution >= 0.6 is 11.6 Å². The van der Waals surface area contributed by atoms with Crippen LogP contribution in [0.3, 0.4) is 0 Å². The van der Waals surface area contributed by atoms with Crippen molar-refractivity contribution in [3.8, 4) is 22.6 Å². The summed E-state index contributed by atoms with van der Waals surface area (Å²) in [6.45, 7) is 0. The predicted octanol–water partition coefficient (Wildman–Crippen LogP) is 5.73. The average Bonchev–Trinajstić information content (AvgIpc) is 3.23. The first-order valence-electron chi connectivity index (χ1n) is 10.9. The summed E-state index contributed by atoms with van der Waals surface area (Å²) in [6.07, 6.45) is 10.0. The van der Waals surface area contributed by atoms with Crippen molar-refractivity contribution >= 4 is 28.6 Å². The lowest BCUT2D eigenvalue weighted by molar-refractivity contribution is 0.157. The van der Waals surface area contributed by atoms with Crippen molar-refractivity contribution in [2.24, 2.45) is 11.8 Å². The van der Waals surface area contributed by atoms with Gasteiger partial charge in [0.1, 0.15) is 16.5 Å². The van der Waals surface area contributed by atoms with Gasteiger partial charge in [-0.15, -0.1) is 0 Å². The molecule has 3 aliphatic carbocycles. The van der Waals surface area contributed by atoms with Gasteiger partial charge in [0.25, 0.3) is 0 Å². The SMILES string of the molecule is Clc1cnc2[nH]cc(-c3nc(N[C@H]4CC5CCC4CC5)cc(-c4ccccc4)n3)c2n1. The third-order valence-corrected chi connectivity index (χ3v) is 6.95. The maximum atomic E-state index is 6.12. The fourth-order valence-electron chi connectivity index (χ4n) is 5.18. The number of hydrogen-bond acceptors (Lipinski definition) is 5. The number of rotatable bonds is 4. The second-order valence-electron chi connectivity index (χ2n) is 8.69. The molecule has 2 N–H and O–H groups in total. The molecule has 7 heteroatoms. The quantitative estimate of drug-likeness (QED) is 0.432. The molecule has 3 fully saturated rings. The van der Waals surface area contributed by atoms with E-state index in [-0.39, 0.29) is 0 Å². The maximum Gasteiger partial charge on any atom is 0.165 e. The zero-order valence-electron chi connectivity index (χ0n) is 17.1. The van der Waals surface area contributed by atoms with E-state index in [0.29, 0.717) is 28.2 Å². The molecule has 1 atom stereocenters. The Morgan fingerprint density at radius 3 is 2.61 bits per heavy atom. The molecule has 0 spiro atoms. The summed E-state index contributed by atoms with van der Waals surface area (Å²) < 4.78 is 0. The van der Waals surface area contributed by atoms with E-state index in [9.17, 15) is 0 Å². The van der Waals surface area contributed by atoms with Crippen molar-refractivity contribution in [1.29, 1.82) is 0 Å². The van der Waals surface area contributed by atoms with E-state index in [2.05, 4.69) is 38.5 Å². The van der Waals surface area contributed by atoms with E-state index < -0.39 is 0 Å². The second kappa shape index (κ2) is 7.61. The van der Waals surface area contributed by atoms with Crippen LogP contribution in [0.5, 0.6) is 0 Å². The highest BCUT2D eigenvalue weighted by Crippen LogP contribution is 2.42. The smallest absolute Gasteiger partial charge is 0.165 e. The van der Waals surface area contributed by atoms with E-state index in [1.807, 2.05) is 24.4 Å². The molecular formula is C24H23ClN6. The Morgan fingerprint density at radius 2 is 1.84 bits per heavy atom. The van der Waals surface area contributed by atoms with Gasteiger partial charge in [0.2, 0.25) is 0 Å². The summed E-state index contributed by atoms with van der Waals surface area (Å²) in [5.41, 5.74) is 4.10. The molecule has 3 aliphatic rings. The van der Waals surface area contributed by atoms with Gasteiger partial charge in [0.05, 0.1) is 17.5 Å². The minimum atomic E-state index is 0.351. The minimum absolute atomic E-state index is 0.351. The van der Waals surface area contributed by atoms with Crippen LogP contribution in [0.15, 0.2) is 48.8 Å². The monoisotopic (exact) mass is 430 g/mol.